The fourth-order valence-electron chi connectivity index (χ4n) is 1.48. The molecule has 0 saturated heterocycles. The van der Waals surface area contributed by atoms with E-state index in [0.717, 1.165) is 12.1 Å². The summed E-state index contributed by atoms with van der Waals surface area (Å²) in [5, 5.41) is 11.3. The number of aliphatic carboxylic acids is 1. The summed E-state index contributed by atoms with van der Waals surface area (Å²) in [6.45, 7) is 7.80. The molecule has 0 aliphatic rings. The van der Waals surface area contributed by atoms with Gasteiger partial charge in [0, 0.05) is 12.1 Å². The van der Waals surface area contributed by atoms with Crippen LogP contribution >= 0.6 is 0 Å². The normalized spacial score (nSPS) is 13.2. The molecule has 0 aliphatic carbocycles. The Kier molecular flexibility index (Phi) is 5.24. The van der Waals surface area contributed by atoms with E-state index in [2.05, 4.69) is 5.32 Å². The fourth-order valence-corrected chi connectivity index (χ4v) is 1.48. The zero-order chi connectivity index (χ0) is 16.2. The van der Waals surface area contributed by atoms with Gasteiger partial charge in [-0.25, -0.2) is 9.18 Å². The van der Waals surface area contributed by atoms with E-state index in [4.69, 9.17) is 5.11 Å². The maximum atomic E-state index is 13.9. The molecule has 1 aromatic carbocycles. The molecule has 114 valence electrons. The lowest BCUT2D eigenvalue weighted by Crippen LogP contribution is -2.41. The number of halogens is 1. The van der Waals surface area contributed by atoms with Gasteiger partial charge in [-0.15, -0.1) is 0 Å². The second kappa shape index (κ2) is 6.52. The molecule has 2 N–H and O–H groups in total. The molecule has 1 rings (SSSR count). The van der Waals surface area contributed by atoms with E-state index in [9.17, 15) is 14.0 Å². The molecule has 1 aromatic rings. The van der Waals surface area contributed by atoms with Crippen LogP contribution in [-0.4, -0.2) is 23.0 Å². The highest BCUT2D eigenvalue weighted by molar-refractivity contribution is 5.95. The monoisotopic (exact) mass is 293 g/mol. The van der Waals surface area contributed by atoms with Crippen LogP contribution in [-0.2, 0) is 4.79 Å². The second-order valence-electron chi connectivity index (χ2n) is 5.97. The van der Waals surface area contributed by atoms with Crippen molar-refractivity contribution in [2.24, 2.45) is 5.41 Å². The zero-order valence-corrected chi connectivity index (χ0v) is 12.6. The van der Waals surface area contributed by atoms with E-state index < -0.39 is 17.7 Å². The van der Waals surface area contributed by atoms with E-state index in [1.165, 1.54) is 18.2 Å². The number of rotatable bonds is 4. The molecule has 1 atom stereocenters. The topological polar surface area (TPSA) is 66.4 Å². The highest BCUT2D eigenvalue weighted by Crippen LogP contribution is 2.19. The highest BCUT2D eigenvalue weighted by atomic mass is 19.1. The van der Waals surface area contributed by atoms with Gasteiger partial charge < -0.3 is 10.4 Å². The van der Waals surface area contributed by atoms with Crippen molar-refractivity contribution >= 4 is 18.0 Å². The standard InChI is InChI=1S/C16H20FNO3/c1-10(16(2,3)4)18-15(21)12-7-5-11(9-13(12)17)6-8-14(19)20/h5-10H,1-4H3,(H,18,21)(H,19,20)/b8-6+. The largest absolute Gasteiger partial charge is 0.478 e. The Morgan fingerprint density at radius 1 is 1.33 bits per heavy atom. The molecule has 0 saturated carbocycles. The van der Waals surface area contributed by atoms with Crippen LogP contribution in [0.5, 0.6) is 0 Å². The Balaban J connectivity index is 2.90. The zero-order valence-electron chi connectivity index (χ0n) is 12.6. The smallest absolute Gasteiger partial charge is 0.328 e. The van der Waals surface area contributed by atoms with Gasteiger partial charge in [-0.3, -0.25) is 4.79 Å². The predicted molar refractivity (Wildman–Crippen MR) is 79.5 cm³/mol. The summed E-state index contributed by atoms with van der Waals surface area (Å²) in [7, 11) is 0. The van der Waals surface area contributed by atoms with Crippen molar-refractivity contribution in [2.45, 2.75) is 33.7 Å². The average molecular weight is 293 g/mol. The molecule has 1 unspecified atom stereocenters. The number of carbonyl (C=O) groups excluding carboxylic acids is 1. The summed E-state index contributed by atoms with van der Waals surface area (Å²) in [6, 6.07) is 3.87. The molecule has 0 aliphatic heterocycles. The maximum Gasteiger partial charge on any atom is 0.328 e. The Labute approximate surface area is 123 Å². The van der Waals surface area contributed by atoms with Crippen LogP contribution in [0.4, 0.5) is 4.39 Å². The van der Waals surface area contributed by atoms with Crippen LogP contribution in [0.1, 0.15) is 43.6 Å². The van der Waals surface area contributed by atoms with Crippen LogP contribution in [0, 0.1) is 11.2 Å². The van der Waals surface area contributed by atoms with Gasteiger partial charge in [-0.2, -0.15) is 0 Å². The van der Waals surface area contributed by atoms with Crippen LogP contribution < -0.4 is 5.32 Å². The summed E-state index contributed by atoms with van der Waals surface area (Å²) >= 11 is 0. The number of carboxylic acid groups (broad SMARTS) is 1. The SMILES string of the molecule is CC(NC(=O)c1ccc(/C=C/C(=O)O)cc1F)C(C)(C)C. The summed E-state index contributed by atoms with van der Waals surface area (Å²) in [4.78, 5) is 22.4. The first-order valence-corrected chi connectivity index (χ1v) is 6.62. The molecule has 0 radical (unpaired) electrons. The average Bonchev–Trinajstić information content (AvgIpc) is 2.34. The van der Waals surface area contributed by atoms with Crippen LogP contribution in [0.15, 0.2) is 24.3 Å². The van der Waals surface area contributed by atoms with Crippen molar-refractivity contribution in [1.82, 2.24) is 5.32 Å². The number of carbonyl (C=O) groups is 2. The molecule has 4 nitrogen and oxygen atoms in total. The number of hydrogen-bond donors (Lipinski definition) is 2. The molecular formula is C16H20FNO3. The van der Waals surface area contributed by atoms with Crippen LogP contribution in [0.2, 0.25) is 0 Å². The number of nitrogens with one attached hydrogen (secondary N) is 1. The third kappa shape index (κ3) is 5.02. The van der Waals surface area contributed by atoms with Gasteiger partial charge in [0.2, 0.25) is 0 Å². The first-order valence-electron chi connectivity index (χ1n) is 6.62. The Morgan fingerprint density at radius 3 is 2.43 bits per heavy atom. The molecule has 1 amide bonds. The number of carboxylic acids is 1. The lowest BCUT2D eigenvalue weighted by Gasteiger charge is -2.28. The van der Waals surface area contributed by atoms with Crippen molar-refractivity contribution < 1.29 is 19.1 Å². The quantitative estimate of drug-likeness (QED) is 0.838. The first-order chi connectivity index (χ1) is 9.61. The van der Waals surface area contributed by atoms with Gasteiger partial charge in [-0.1, -0.05) is 26.8 Å². The summed E-state index contributed by atoms with van der Waals surface area (Å²) in [5.74, 6) is -2.28. The van der Waals surface area contributed by atoms with Gasteiger partial charge in [0.15, 0.2) is 0 Å². The summed E-state index contributed by atoms with van der Waals surface area (Å²) < 4.78 is 13.9. The van der Waals surface area contributed by atoms with Crippen LogP contribution in [0.3, 0.4) is 0 Å². The molecule has 21 heavy (non-hydrogen) atoms. The minimum atomic E-state index is -1.11. The molecule has 5 heteroatoms. The third-order valence-electron chi connectivity index (χ3n) is 3.30. The highest BCUT2D eigenvalue weighted by Gasteiger charge is 2.23. The minimum Gasteiger partial charge on any atom is -0.478 e. The molecule has 0 bridgehead atoms. The van der Waals surface area contributed by atoms with E-state index in [0.29, 0.717) is 5.56 Å². The van der Waals surface area contributed by atoms with Crippen molar-refractivity contribution in [2.75, 3.05) is 0 Å². The van der Waals surface area contributed by atoms with Gasteiger partial charge in [-0.05, 0) is 36.1 Å². The van der Waals surface area contributed by atoms with Gasteiger partial charge in [0.05, 0.1) is 5.56 Å². The van der Waals surface area contributed by atoms with Crippen molar-refractivity contribution in [3.63, 3.8) is 0 Å². The second-order valence-corrected chi connectivity index (χ2v) is 5.97. The van der Waals surface area contributed by atoms with Crippen molar-refractivity contribution in [3.8, 4) is 0 Å². The summed E-state index contributed by atoms with van der Waals surface area (Å²) in [5.41, 5.74) is 0.199. The molecule has 0 heterocycles. The van der Waals surface area contributed by atoms with Gasteiger partial charge in [0.25, 0.3) is 5.91 Å². The van der Waals surface area contributed by atoms with E-state index in [1.807, 2.05) is 27.7 Å². The van der Waals surface area contributed by atoms with Crippen LogP contribution in [0.25, 0.3) is 6.08 Å². The summed E-state index contributed by atoms with van der Waals surface area (Å²) in [6.07, 6.45) is 2.18. The fraction of sp³-hybridized carbons (Fsp3) is 0.375. The molecule has 0 aromatic heterocycles. The van der Waals surface area contributed by atoms with E-state index >= 15 is 0 Å². The van der Waals surface area contributed by atoms with Gasteiger partial charge in [0.1, 0.15) is 5.82 Å². The Bertz CT molecular complexity index is 573. The first kappa shape index (κ1) is 16.9. The molecular weight excluding hydrogens is 273 g/mol. The maximum absolute atomic E-state index is 13.9. The Hall–Kier alpha value is -2.17. The van der Waals surface area contributed by atoms with E-state index in [-0.39, 0.29) is 17.0 Å². The predicted octanol–water partition coefficient (Wildman–Crippen LogP) is 3.09. The van der Waals surface area contributed by atoms with Crippen molar-refractivity contribution in [1.29, 1.82) is 0 Å². The lowest BCUT2D eigenvalue weighted by atomic mass is 9.88. The Morgan fingerprint density at radius 2 is 1.95 bits per heavy atom. The number of hydrogen-bond acceptors (Lipinski definition) is 2. The minimum absolute atomic E-state index is 0.0569. The number of amides is 1. The van der Waals surface area contributed by atoms with E-state index in [1.54, 1.807) is 0 Å². The molecule has 0 spiro atoms. The third-order valence-corrected chi connectivity index (χ3v) is 3.30. The van der Waals surface area contributed by atoms with Gasteiger partial charge >= 0.3 is 5.97 Å². The lowest BCUT2D eigenvalue weighted by molar-refractivity contribution is -0.131. The van der Waals surface area contributed by atoms with Crippen molar-refractivity contribution in [3.05, 3.63) is 41.2 Å². The number of benzene rings is 1. The molecule has 0 fully saturated rings.